The number of ether oxygens (including phenoxy) is 4. The molecule has 4 fully saturated rings. The third-order valence-electron chi connectivity index (χ3n) is 16.0. The summed E-state index contributed by atoms with van der Waals surface area (Å²) in [6.07, 6.45) is -6.14. The minimum atomic E-state index is -1.89. The number of amides is 2. The number of rotatable bonds is 12. The Kier molecular flexibility index (Phi) is 20.3. The molecule has 4 saturated heterocycles. The summed E-state index contributed by atoms with van der Waals surface area (Å²) in [6.45, 7) is 21.9. The Bertz CT molecular complexity index is 3050. The van der Waals surface area contributed by atoms with Crippen LogP contribution in [-0.4, -0.2) is 145 Å². The highest BCUT2D eigenvalue weighted by Gasteiger charge is 2.59. The highest BCUT2D eigenvalue weighted by Crippen LogP contribution is 2.49. The number of alkyl halides is 4. The first kappa shape index (κ1) is 63.7. The Balaban J connectivity index is 0.000000194. The average molecular weight is 1130 g/mol. The van der Waals surface area contributed by atoms with E-state index < -0.39 is 155 Å². The van der Waals surface area contributed by atoms with Crippen LogP contribution in [0.3, 0.4) is 0 Å². The quantitative estimate of drug-likeness (QED) is 0.0920. The molecule has 0 bridgehead atoms. The van der Waals surface area contributed by atoms with E-state index in [1.54, 1.807) is 48.5 Å². The molecule has 28 heteroatoms. The molecule has 18 atom stereocenters. The minimum absolute atomic E-state index is 0.274. The van der Waals surface area contributed by atoms with E-state index >= 15 is 0 Å². The van der Waals surface area contributed by atoms with Crippen LogP contribution in [0.25, 0.3) is 0 Å². The van der Waals surface area contributed by atoms with Crippen LogP contribution in [-0.2, 0) is 18.9 Å². The largest absolute Gasteiger partial charge is 0.393 e. The molecule has 3 aromatic heterocycles. The van der Waals surface area contributed by atoms with Crippen molar-refractivity contribution in [3.63, 3.8) is 0 Å². The van der Waals surface area contributed by atoms with Crippen LogP contribution in [0.2, 0.25) is 0 Å². The van der Waals surface area contributed by atoms with Crippen molar-refractivity contribution in [1.82, 2.24) is 38.9 Å². The zero-order valence-corrected chi connectivity index (χ0v) is 45.3. The van der Waals surface area contributed by atoms with Gasteiger partial charge in [-0.15, -0.1) is 0 Å². The molecule has 10 N–H and O–H groups in total. The van der Waals surface area contributed by atoms with Crippen LogP contribution in [0.5, 0.6) is 0 Å². The molecule has 8 heterocycles. The van der Waals surface area contributed by atoms with E-state index in [0.29, 0.717) is 19.3 Å². The Labute approximate surface area is 450 Å². The van der Waals surface area contributed by atoms with Gasteiger partial charge >= 0.3 is 23.1 Å². The van der Waals surface area contributed by atoms with Gasteiger partial charge in [0.1, 0.15) is 17.3 Å². The molecule has 0 spiro atoms. The molecule has 0 aliphatic carbocycles. The van der Waals surface area contributed by atoms with E-state index in [1.165, 1.54) is 43.9 Å². The van der Waals surface area contributed by atoms with Crippen LogP contribution in [0, 0.1) is 17.8 Å². The molecule has 2 unspecified atom stereocenters. The molecule has 2 amide bonds. The standard InChI is InChI=1S/C14H19FN2O3.C13H19FN2O4.C12H18FN3O4.C12H17FN2O4/c1-5-14(8(2)3)9(4)11(15)12(20-14)17-7-6-10(18)16-13(17)19;1-4-13(8(3)17)7(2)10(14)11(20-13)16-6-5-9(18)15-12(16)19;1-6(2)12(5-17)9(18)8(13)10(20-12)16-4-3-7(14)15-11(16)19;1-3-12(6-16)7(2)9(13)10(19-12)15-5-4-8(17)14-11(15)18/h6-7,9,11-12H,2,5H2,1,3-4H3,(H,16,18,19);5-8,10-11,17H,4H2,1-3H3,(H,15,18,19);3-4,7-10,17-18H,1,5,14H2,2H3,(H,15,19);4-5,7,9-10,16H,3,6H2,1-2H3,(H,14,17,18)/t9-,11+,12+,14-;7-,8?,10+,11+,13+;7?,8-,9+,10-,12+;7-,9+,10+,12-/m0010/s1. The van der Waals surface area contributed by atoms with Crippen LogP contribution in [0.4, 0.5) is 22.4 Å². The molecule has 0 aromatic carbocycles. The second-order valence-corrected chi connectivity index (χ2v) is 20.3. The molecule has 3 aromatic rings. The van der Waals surface area contributed by atoms with E-state index in [-0.39, 0.29) is 12.2 Å². The lowest BCUT2D eigenvalue weighted by Crippen LogP contribution is -2.54. The fourth-order valence-corrected chi connectivity index (χ4v) is 10.7. The van der Waals surface area contributed by atoms with Crippen molar-refractivity contribution in [3.05, 3.63) is 136 Å². The summed E-state index contributed by atoms with van der Waals surface area (Å²) in [7, 11) is 0. The summed E-state index contributed by atoms with van der Waals surface area (Å²) in [6, 6.07) is 2.80. The monoisotopic (exact) mass is 1130 g/mol. The predicted molar refractivity (Wildman–Crippen MR) is 277 cm³/mol. The maximum absolute atomic E-state index is 14.6. The van der Waals surface area contributed by atoms with Crippen LogP contribution < -0.4 is 44.8 Å². The van der Waals surface area contributed by atoms with Crippen molar-refractivity contribution >= 4 is 6.03 Å². The van der Waals surface area contributed by atoms with Crippen LogP contribution in [0.15, 0.2) is 102 Å². The zero-order valence-electron chi connectivity index (χ0n) is 45.3. The highest BCUT2D eigenvalue weighted by atomic mass is 19.1. The Morgan fingerprint density at radius 3 is 1.41 bits per heavy atom. The molecule has 5 aliphatic heterocycles. The molecule has 79 heavy (non-hydrogen) atoms. The van der Waals surface area contributed by atoms with Gasteiger partial charge in [0.2, 0.25) is 0 Å². The number of aromatic amines is 3. The number of aliphatic hydroxyl groups excluding tert-OH is 4. The normalized spacial score (nSPS) is 36.0. The number of urea groups is 1. The smallest absolute Gasteiger partial charge is 0.330 e. The Morgan fingerprint density at radius 2 is 1.08 bits per heavy atom. The lowest BCUT2D eigenvalue weighted by Gasteiger charge is -2.34. The number of aromatic nitrogens is 6. The third-order valence-corrected chi connectivity index (χ3v) is 16.0. The fraction of sp³-hybridized carbons (Fsp3) is 0.627. The predicted octanol–water partition coefficient (Wildman–Crippen LogP) is 1.69. The van der Waals surface area contributed by atoms with Crippen molar-refractivity contribution in [2.75, 3.05) is 13.2 Å². The van der Waals surface area contributed by atoms with Gasteiger partial charge in [-0.2, -0.15) is 0 Å². The van der Waals surface area contributed by atoms with E-state index in [2.05, 4.69) is 33.4 Å². The zero-order chi connectivity index (χ0) is 59.4. The third kappa shape index (κ3) is 12.0. The average Bonchev–Trinajstić information content (AvgIpc) is 4.06. The molecular formula is C51H73F4N9O15. The summed E-state index contributed by atoms with van der Waals surface area (Å²) in [4.78, 5) is 87.3. The van der Waals surface area contributed by atoms with Crippen molar-refractivity contribution in [1.29, 1.82) is 0 Å². The second-order valence-electron chi connectivity index (χ2n) is 20.3. The summed E-state index contributed by atoms with van der Waals surface area (Å²) in [5.74, 6) is -1.54. The molecule has 0 saturated carbocycles. The van der Waals surface area contributed by atoms with Crippen LogP contribution >= 0.6 is 0 Å². The van der Waals surface area contributed by atoms with Gasteiger partial charge in [-0.3, -0.25) is 47.9 Å². The van der Waals surface area contributed by atoms with Gasteiger partial charge in [-0.25, -0.2) is 36.7 Å². The number of H-pyrrole nitrogens is 3. The molecular weight excluding hydrogens is 1050 g/mol. The maximum Gasteiger partial charge on any atom is 0.330 e. The number of hydrogen-bond acceptors (Lipinski definition) is 16. The molecule has 0 radical (unpaired) electrons. The first-order valence-corrected chi connectivity index (χ1v) is 25.6. The fourth-order valence-electron chi connectivity index (χ4n) is 10.7. The number of halogens is 4. The number of hydrogen-bond donors (Lipinski definition) is 9. The number of nitrogens with two attached hydrogens (primary N) is 1. The first-order chi connectivity index (χ1) is 36.9. The molecule has 8 rings (SSSR count). The van der Waals surface area contributed by atoms with Crippen molar-refractivity contribution < 1.29 is 61.7 Å². The van der Waals surface area contributed by atoms with Crippen LogP contribution in [0.1, 0.15) is 100 Å². The topological polar surface area (TPSA) is 341 Å². The first-order valence-electron chi connectivity index (χ1n) is 25.6. The van der Waals surface area contributed by atoms with Crippen molar-refractivity contribution in [2.45, 2.75) is 172 Å². The Hall–Kier alpha value is -6.11. The van der Waals surface area contributed by atoms with Crippen molar-refractivity contribution in [3.8, 4) is 0 Å². The van der Waals surface area contributed by atoms with E-state index in [9.17, 15) is 71.5 Å². The summed E-state index contributed by atoms with van der Waals surface area (Å²) in [5.41, 5.74) is -1.71. The summed E-state index contributed by atoms with van der Waals surface area (Å²) >= 11 is 0. The van der Waals surface area contributed by atoms with E-state index in [4.69, 9.17) is 24.7 Å². The molecule has 5 aliphatic rings. The molecule has 440 valence electrons. The lowest BCUT2D eigenvalue weighted by molar-refractivity contribution is -0.146. The van der Waals surface area contributed by atoms with Gasteiger partial charge in [-0.05, 0) is 57.3 Å². The summed E-state index contributed by atoms with van der Waals surface area (Å²) in [5, 5.41) is 41.2. The van der Waals surface area contributed by atoms with Crippen molar-refractivity contribution in [2.24, 2.45) is 23.5 Å². The van der Waals surface area contributed by atoms with Gasteiger partial charge < -0.3 is 50.4 Å². The number of nitrogens with zero attached hydrogens (tertiary/aromatic N) is 4. The van der Waals surface area contributed by atoms with Gasteiger partial charge in [0.15, 0.2) is 49.6 Å². The minimum Gasteiger partial charge on any atom is -0.393 e. The lowest BCUT2D eigenvalue weighted by atomic mass is 9.80. The Morgan fingerprint density at radius 1 is 0.646 bits per heavy atom. The number of carbonyl (C=O) groups excluding carboxylic acids is 1. The van der Waals surface area contributed by atoms with Gasteiger partial charge in [0.05, 0.1) is 36.7 Å². The number of carbonyl (C=O) groups is 1. The summed E-state index contributed by atoms with van der Waals surface area (Å²) < 4.78 is 83.4. The van der Waals surface area contributed by atoms with Gasteiger partial charge in [0.25, 0.3) is 16.7 Å². The van der Waals surface area contributed by atoms with Gasteiger partial charge in [-0.1, -0.05) is 54.7 Å². The molecule has 24 nitrogen and oxygen atoms in total. The maximum atomic E-state index is 14.6. The SMILES string of the molecule is C=C(C)[C@]1(CC)O[C@@H](n2ccc(=O)[nH]c2=O)[C@H](F)[C@@H]1C.C=C(C)[C@]1(CO)O[C@@H](N2C=CC(N)NC2=O)[C@H](F)[C@@H]1O.CC[C@@]1(C(C)O)O[C@@H](n2ccc(=O)[nH]c2=O)[C@H](F)[C@@H]1C.CC[C@@]1(CO)O[C@@H](n2ccc(=O)[nH]c2=O)[C@H](F)[C@@H]1C. The van der Waals surface area contributed by atoms with Gasteiger partial charge in [0, 0.05) is 60.7 Å². The van der Waals surface area contributed by atoms with E-state index in [0.717, 1.165) is 36.3 Å². The number of aliphatic hydroxyl groups is 4. The van der Waals surface area contributed by atoms with E-state index in [1.807, 2.05) is 6.92 Å². The number of nitrogens with one attached hydrogen (secondary N) is 4. The highest BCUT2D eigenvalue weighted by molar-refractivity contribution is 5.77. The second kappa shape index (κ2) is 25.1.